The van der Waals surface area contributed by atoms with Gasteiger partial charge in [0.05, 0.1) is 22.6 Å². The largest absolute Gasteiger partial charge is 0.387 e. The van der Waals surface area contributed by atoms with Crippen LogP contribution >= 0.6 is 22.9 Å². The lowest BCUT2D eigenvalue weighted by atomic mass is 9.95. The van der Waals surface area contributed by atoms with Crippen LogP contribution in [0.2, 0.25) is 5.02 Å². The Morgan fingerprint density at radius 2 is 2.47 bits per heavy atom. The summed E-state index contributed by atoms with van der Waals surface area (Å²) in [6.07, 6.45) is 1.59. The first-order valence-corrected chi connectivity index (χ1v) is 6.45. The number of aliphatic hydroxyl groups is 1. The number of thiophene rings is 1. The molecule has 0 aliphatic carbocycles. The molecule has 1 fully saturated rings. The van der Waals surface area contributed by atoms with E-state index in [2.05, 4.69) is 0 Å². The minimum absolute atomic E-state index is 0.203. The van der Waals surface area contributed by atoms with Gasteiger partial charge in [0, 0.05) is 12.5 Å². The number of hydrogen-bond donors (Lipinski definition) is 1. The van der Waals surface area contributed by atoms with Crippen molar-refractivity contribution in [2.75, 3.05) is 13.2 Å². The molecule has 1 aromatic rings. The lowest BCUT2D eigenvalue weighted by Crippen LogP contribution is -2.23. The molecule has 0 saturated carbocycles. The highest BCUT2D eigenvalue weighted by Crippen LogP contribution is 2.38. The molecule has 1 saturated heterocycles. The van der Waals surface area contributed by atoms with Gasteiger partial charge in [-0.25, -0.2) is 0 Å². The molecule has 84 valence electrons. The Hall–Kier alpha value is -0.0900. The monoisotopic (exact) mass is 246 g/mol. The van der Waals surface area contributed by atoms with Gasteiger partial charge in [0.2, 0.25) is 0 Å². The molecule has 0 aromatic carbocycles. The molecule has 15 heavy (non-hydrogen) atoms. The van der Waals surface area contributed by atoms with E-state index in [1.54, 1.807) is 11.3 Å². The van der Waals surface area contributed by atoms with Crippen LogP contribution in [-0.4, -0.2) is 18.3 Å². The zero-order chi connectivity index (χ0) is 10.8. The molecule has 2 atom stereocenters. The summed E-state index contributed by atoms with van der Waals surface area (Å²) in [7, 11) is 0. The Bertz CT molecular complexity index is 331. The van der Waals surface area contributed by atoms with E-state index in [0.717, 1.165) is 34.9 Å². The van der Waals surface area contributed by atoms with Crippen molar-refractivity contribution in [3.63, 3.8) is 0 Å². The average molecular weight is 247 g/mol. The van der Waals surface area contributed by atoms with Gasteiger partial charge in [0.25, 0.3) is 0 Å². The topological polar surface area (TPSA) is 29.5 Å². The molecule has 0 radical (unpaired) electrons. The van der Waals surface area contributed by atoms with Crippen LogP contribution < -0.4 is 0 Å². The first-order valence-electron chi connectivity index (χ1n) is 5.19. The molecular weight excluding hydrogens is 232 g/mol. The van der Waals surface area contributed by atoms with Crippen molar-refractivity contribution in [2.24, 2.45) is 5.92 Å². The molecule has 0 amide bonds. The minimum Gasteiger partial charge on any atom is -0.387 e. The second-order valence-corrected chi connectivity index (χ2v) is 5.31. The van der Waals surface area contributed by atoms with E-state index < -0.39 is 6.10 Å². The second kappa shape index (κ2) is 4.83. The van der Waals surface area contributed by atoms with Crippen LogP contribution in [-0.2, 0) is 4.74 Å². The van der Waals surface area contributed by atoms with E-state index in [1.807, 2.05) is 12.3 Å². The van der Waals surface area contributed by atoms with Gasteiger partial charge < -0.3 is 9.84 Å². The third kappa shape index (κ3) is 2.36. The predicted molar refractivity (Wildman–Crippen MR) is 62.6 cm³/mol. The van der Waals surface area contributed by atoms with Crippen molar-refractivity contribution in [1.29, 1.82) is 0 Å². The van der Waals surface area contributed by atoms with Crippen molar-refractivity contribution < 1.29 is 9.84 Å². The van der Waals surface area contributed by atoms with Crippen LogP contribution in [0.25, 0.3) is 0 Å². The number of aryl methyl sites for hydroxylation is 1. The maximum absolute atomic E-state index is 10.2. The van der Waals surface area contributed by atoms with E-state index in [0.29, 0.717) is 6.61 Å². The summed E-state index contributed by atoms with van der Waals surface area (Å²) in [5.74, 6) is 0.203. The number of halogens is 1. The fourth-order valence-corrected chi connectivity index (χ4v) is 3.26. The molecule has 1 N–H and O–H groups in total. The van der Waals surface area contributed by atoms with E-state index in [-0.39, 0.29) is 5.92 Å². The van der Waals surface area contributed by atoms with Crippen molar-refractivity contribution in [3.05, 3.63) is 20.8 Å². The zero-order valence-corrected chi connectivity index (χ0v) is 10.3. The normalized spacial score (nSPS) is 24.1. The van der Waals surface area contributed by atoms with Gasteiger partial charge >= 0.3 is 0 Å². The Labute approximate surface area is 98.8 Å². The smallest absolute Gasteiger partial charge is 0.0947 e. The number of aliphatic hydroxyl groups excluding tert-OH is 1. The third-order valence-electron chi connectivity index (χ3n) is 2.84. The first kappa shape index (κ1) is 11.4. The molecule has 1 aliphatic heterocycles. The highest BCUT2D eigenvalue weighted by atomic mass is 35.5. The predicted octanol–water partition coefficient (Wildman–Crippen LogP) is 3.17. The van der Waals surface area contributed by atoms with Crippen molar-refractivity contribution >= 4 is 22.9 Å². The van der Waals surface area contributed by atoms with Gasteiger partial charge in [-0.15, -0.1) is 11.3 Å². The highest BCUT2D eigenvalue weighted by Gasteiger charge is 2.26. The molecule has 2 rings (SSSR count). The standard InChI is InChI=1S/C11H15ClO2S/c1-7-6-15-11(9(7)12)10(13)8-3-2-4-14-5-8/h6,8,10,13H,2-5H2,1H3. The summed E-state index contributed by atoms with van der Waals surface area (Å²) >= 11 is 7.67. The van der Waals surface area contributed by atoms with Crippen LogP contribution in [0.1, 0.15) is 29.4 Å². The highest BCUT2D eigenvalue weighted by molar-refractivity contribution is 7.10. The van der Waals surface area contributed by atoms with Crippen LogP contribution in [0.15, 0.2) is 5.38 Å². The fourth-order valence-electron chi connectivity index (χ4n) is 1.88. The summed E-state index contributed by atoms with van der Waals surface area (Å²) in [6, 6.07) is 0. The Morgan fingerprint density at radius 1 is 1.67 bits per heavy atom. The summed E-state index contributed by atoms with van der Waals surface area (Å²) < 4.78 is 5.37. The number of rotatable bonds is 2. The molecule has 2 heterocycles. The minimum atomic E-state index is -0.462. The summed E-state index contributed by atoms with van der Waals surface area (Å²) in [4.78, 5) is 0.893. The lowest BCUT2D eigenvalue weighted by molar-refractivity contribution is -0.00860. The first-order chi connectivity index (χ1) is 7.20. The second-order valence-electron chi connectivity index (χ2n) is 4.02. The fraction of sp³-hybridized carbons (Fsp3) is 0.636. The van der Waals surface area contributed by atoms with Gasteiger partial charge in [-0.2, -0.15) is 0 Å². The molecule has 0 spiro atoms. The van der Waals surface area contributed by atoms with Gasteiger partial charge in [-0.3, -0.25) is 0 Å². The van der Waals surface area contributed by atoms with Crippen LogP contribution in [0, 0.1) is 12.8 Å². The summed E-state index contributed by atoms with van der Waals surface area (Å²) in [5, 5.41) is 12.9. The Balaban J connectivity index is 2.12. The van der Waals surface area contributed by atoms with Gasteiger partial charge in [0.1, 0.15) is 0 Å². The van der Waals surface area contributed by atoms with Crippen molar-refractivity contribution in [3.8, 4) is 0 Å². The average Bonchev–Trinajstić information content (AvgIpc) is 2.60. The van der Waals surface area contributed by atoms with E-state index in [9.17, 15) is 5.11 Å². The summed E-state index contributed by atoms with van der Waals surface area (Å²) in [5.41, 5.74) is 1.05. The van der Waals surface area contributed by atoms with Crippen LogP contribution in [0.4, 0.5) is 0 Å². The molecule has 4 heteroatoms. The maximum Gasteiger partial charge on any atom is 0.0947 e. The van der Waals surface area contributed by atoms with Crippen molar-refractivity contribution in [1.82, 2.24) is 0 Å². The number of ether oxygens (including phenoxy) is 1. The SMILES string of the molecule is Cc1csc(C(O)C2CCCOC2)c1Cl. The van der Waals surface area contributed by atoms with E-state index >= 15 is 0 Å². The quantitative estimate of drug-likeness (QED) is 0.869. The molecule has 2 unspecified atom stereocenters. The third-order valence-corrected chi connectivity index (χ3v) is 4.62. The van der Waals surface area contributed by atoms with Crippen molar-refractivity contribution in [2.45, 2.75) is 25.9 Å². The number of hydrogen-bond acceptors (Lipinski definition) is 3. The molecular formula is C11H15ClO2S. The summed E-state index contributed by atoms with van der Waals surface area (Å²) in [6.45, 7) is 3.43. The molecule has 2 nitrogen and oxygen atoms in total. The molecule has 1 aromatic heterocycles. The zero-order valence-electron chi connectivity index (χ0n) is 8.70. The Kier molecular flexibility index (Phi) is 3.67. The Morgan fingerprint density at radius 3 is 3.00 bits per heavy atom. The lowest BCUT2D eigenvalue weighted by Gasteiger charge is -2.26. The molecule has 0 bridgehead atoms. The maximum atomic E-state index is 10.2. The van der Waals surface area contributed by atoms with Crippen LogP contribution in [0.3, 0.4) is 0 Å². The van der Waals surface area contributed by atoms with E-state index in [4.69, 9.17) is 16.3 Å². The van der Waals surface area contributed by atoms with E-state index in [1.165, 1.54) is 0 Å². The van der Waals surface area contributed by atoms with Crippen LogP contribution in [0.5, 0.6) is 0 Å². The molecule has 1 aliphatic rings. The van der Waals surface area contributed by atoms with Gasteiger partial charge in [-0.05, 0) is 30.7 Å². The van der Waals surface area contributed by atoms with Gasteiger partial charge in [0.15, 0.2) is 0 Å². The van der Waals surface area contributed by atoms with Gasteiger partial charge in [-0.1, -0.05) is 11.6 Å².